The number of carbonyl (C=O) groups excluding carboxylic acids is 2. The van der Waals surface area contributed by atoms with Crippen molar-refractivity contribution in [2.24, 2.45) is 0 Å². The molecule has 1 heterocycles. The van der Waals surface area contributed by atoms with Gasteiger partial charge in [-0.1, -0.05) is 22.0 Å². The Morgan fingerprint density at radius 1 is 1.06 bits per heavy atom. The maximum Gasteiger partial charge on any atom is 0.410 e. The van der Waals surface area contributed by atoms with Gasteiger partial charge in [-0.3, -0.25) is 9.89 Å². The van der Waals surface area contributed by atoms with E-state index in [2.05, 4.69) is 26.1 Å². The number of carbonyl (C=O) groups is 2. The number of likely N-dealkylation sites (N-methyl/N-ethyl adjacent to an activating group) is 3. The minimum atomic E-state index is -0.621. The topological polar surface area (TPSA) is 81.8 Å². The van der Waals surface area contributed by atoms with E-state index in [1.165, 1.54) is 18.0 Å². The van der Waals surface area contributed by atoms with Crippen molar-refractivity contribution in [3.63, 3.8) is 0 Å². The van der Waals surface area contributed by atoms with Gasteiger partial charge in [-0.2, -0.15) is 5.10 Å². The van der Waals surface area contributed by atoms with Gasteiger partial charge in [-0.05, 0) is 63.7 Å². The van der Waals surface area contributed by atoms with E-state index in [4.69, 9.17) is 4.74 Å². The Kier molecular flexibility index (Phi) is 8.73. The van der Waals surface area contributed by atoms with Gasteiger partial charge in [0.2, 0.25) is 5.91 Å². The molecule has 194 valence electrons. The second-order valence-electron chi connectivity index (χ2n) is 9.97. The third kappa shape index (κ3) is 7.27. The summed E-state index contributed by atoms with van der Waals surface area (Å²) in [5.74, 6) is -0.528. The second kappa shape index (κ2) is 11.4. The first-order valence-corrected chi connectivity index (χ1v) is 12.4. The first-order valence-electron chi connectivity index (χ1n) is 11.6. The van der Waals surface area contributed by atoms with E-state index < -0.39 is 11.7 Å². The zero-order valence-corrected chi connectivity index (χ0v) is 23.1. The third-order valence-corrected chi connectivity index (χ3v) is 6.08. The van der Waals surface area contributed by atoms with E-state index in [1.807, 2.05) is 36.2 Å². The maximum absolute atomic E-state index is 15.0. The largest absolute Gasteiger partial charge is 0.444 e. The Labute approximate surface area is 219 Å². The summed E-state index contributed by atoms with van der Waals surface area (Å²) in [5.41, 5.74) is 2.05. The summed E-state index contributed by atoms with van der Waals surface area (Å²) in [5, 5.41) is 8.11. The van der Waals surface area contributed by atoms with Crippen LogP contribution in [0.4, 0.5) is 9.18 Å². The van der Waals surface area contributed by atoms with Crippen molar-refractivity contribution < 1.29 is 18.7 Å². The Hall–Kier alpha value is -2.98. The van der Waals surface area contributed by atoms with Crippen LogP contribution in [0.3, 0.4) is 0 Å². The summed E-state index contributed by atoms with van der Waals surface area (Å²) >= 11 is 3.43. The Morgan fingerprint density at radius 2 is 1.78 bits per heavy atom. The van der Waals surface area contributed by atoms with Gasteiger partial charge >= 0.3 is 6.09 Å². The van der Waals surface area contributed by atoms with Crippen LogP contribution >= 0.6 is 15.9 Å². The molecule has 0 unspecified atom stereocenters. The van der Waals surface area contributed by atoms with Crippen molar-refractivity contribution in [1.29, 1.82) is 0 Å². The van der Waals surface area contributed by atoms with Gasteiger partial charge in [0.1, 0.15) is 23.7 Å². The maximum atomic E-state index is 15.0. The predicted octanol–water partition coefficient (Wildman–Crippen LogP) is 4.89. The normalized spacial score (nSPS) is 11.7. The number of H-pyrrole nitrogens is 1. The van der Waals surface area contributed by atoms with Crippen molar-refractivity contribution in [1.82, 2.24) is 24.9 Å². The lowest BCUT2D eigenvalue weighted by molar-refractivity contribution is -0.131. The molecule has 10 heteroatoms. The molecule has 36 heavy (non-hydrogen) atoms. The highest BCUT2D eigenvalue weighted by molar-refractivity contribution is 9.10. The monoisotopic (exact) mass is 561 g/mol. The van der Waals surface area contributed by atoms with Crippen LogP contribution < -0.4 is 0 Å². The van der Waals surface area contributed by atoms with E-state index in [-0.39, 0.29) is 18.3 Å². The van der Waals surface area contributed by atoms with Crippen LogP contribution in [0, 0.1) is 5.82 Å². The number of halogens is 2. The van der Waals surface area contributed by atoms with E-state index in [1.54, 1.807) is 38.8 Å². The summed E-state index contributed by atoms with van der Waals surface area (Å²) in [6.07, 6.45) is -0.539. The molecule has 2 amide bonds. The number of hydrogen-bond donors (Lipinski definition) is 1. The molecule has 0 aliphatic rings. The molecular weight excluding hydrogens is 529 g/mol. The molecular formula is C26H33BrFN5O3. The fourth-order valence-corrected chi connectivity index (χ4v) is 3.97. The standard InChI is InChI=1S/C26H33BrFN5O3/c1-26(2,3)36-25(35)33(6)16-23(34)32(5)12-11-31(4)15-17-7-9-19(21(28)13-17)24-20-10-8-18(27)14-22(20)29-30-24/h7-10,13-14H,11-12,15-16H2,1-6H3,(H,29,30). The number of benzene rings is 2. The molecule has 0 saturated carbocycles. The Bertz CT molecular complexity index is 1240. The fourth-order valence-electron chi connectivity index (χ4n) is 3.61. The first-order chi connectivity index (χ1) is 16.8. The number of aromatic amines is 1. The SMILES string of the molecule is CN(CCN(C)C(=O)CN(C)C(=O)OC(C)(C)C)Cc1ccc(-c2n[nH]c3cc(Br)ccc23)c(F)c1. The van der Waals surface area contributed by atoms with Crippen molar-refractivity contribution in [2.75, 3.05) is 40.8 Å². The van der Waals surface area contributed by atoms with Gasteiger partial charge in [0.25, 0.3) is 0 Å². The number of ether oxygens (including phenoxy) is 1. The Balaban J connectivity index is 1.53. The molecule has 0 bridgehead atoms. The van der Waals surface area contributed by atoms with Gasteiger partial charge in [0.15, 0.2) is 0 Å². The fraction of sp³-hybridized carbons (Fsp3) is 0.423. The number of fused-ring (bicyclic) bond motifs is 1. The van der Waals surface area contributed by atoms with Crippen LogP contribution in [-0.2, 0) is 16.1 Å². The second-order valence-corrected chi connectivity index (χ2v) is 10.9. The van der Waals surface area contributed by atoms with Crippen molar-refractivity contribution >= 4 is 38.8 Å². The molecule has 1 aromatic heterocycles. The van der Waals surface area contributed by atoms with Crippen LogP contribution in [0.15, 0.2) is 40.9 Å². The quantitative estimate of drug-likeness (QED) is 0.423. The predicted molar refractivity (Wildman–Crippen MR) is 142 cm³/mol. The van der Waals surface area contributed by atoms with Crippen LogP contribution in [0.2, 0.25) is 0 Å². The summed E-state index contributed by atoms with van der Waals surface area (Å²) in [6.45, 7) is 6.83. The molecule has 0 saturated heterocycles. The Morgan fingerprint density at radius 3 is 2.44 bits per heavy atom. The highest BCUT2D eigenvalue weighted by Gasteiger charge is 2.22. The lowest BCUT2D eigenvalue weighted by Gasteiger charge is -2.27. The molecule has 1 N–H and O–H groups in total. The lowest BCUT2D eigenvalue weighted by atomic mass is 10.0. The van der Waals surface area contributed by atoms with Crippen LogP contribution in [0.5, 0.6) is 0 Å². The minimum absolute atomic E-state index is 0.0688. The summed E-state index contributed by atoms with van der Waals surface area (Å²) in [7, 11) is 5.14. The number of nitrogens with one attached hydrogen (secondary N) is 1. The summed E-state index contributed by atoms with van der Waals surface area (Å²) < 4.78 is 21.2. The molecule has 3 rings (SSSR count). The van der Waals surface area contributed by atoms with E-state index in [0.29, 0.717) is 30.9 Å². The molecule has 0 radical (unpaired) electrons. The van der Waals surface area contributed by atoms with E-state index in [9.17, 15) is 9.59 Å². The lowest BCUT2D eigenvalue weighted by Crippen LogP contribution is -2.43. The van der Waals surface area contributed by atoms with E-state index in [0.717, 1.165) is 20.9 Å². The first kappa shape index (κ1) is 27.6. The number of hydrogen-bond acceptors (Lipinski definition) is 5. The number of rotatable bonds is 8. The van der Waals surface area contributed by atoms with Gasteiger partial charge in [0.05, 0.1) is 5.52 Å². The average Bonchev–Trinajstić information content (AvgIpc) is 3.19. The van der Waals surface area contributed by atoms with Crippen LogP contribution in [0.25, 0.3) is 22.2 Å². The van der Waals surface area contributed by atoms with Crippen LogP contribution in [0.1, 0.15) is 26.3 Å². The van der Waals surface area contributed by atoms with Gasteiger partial charge < -0.3 is 19.4 Å². The molecule has 0 spiro atoms. The summed E-state index contributed by atoms with van der Waals surface area (Å²) in [6, 6.07) is 10.9. The zero-order valence-electron chi connectivity index (χ0n) is 21.6. The van der Waals surface area contributed by atoms with Crippen molar-refractivity contribution in [3.05, 3.63) is 52.3 Å². The van der Waals surface area contributed by atoms with Crippen molar-refractivity contribution in [3.8, 4) is 11.3 Å². The molecule has 0 fully saturated rings. The smallest absolute Gasteiger partial charge is 0.410 e. The van der Waals surface area contributed by atoms with Gasteiger partial charge in [-0.25, -0.2) is 9.18 Å². The highest BCUT2D eigenvalue weighted by Crippen LogP contribution is 2.30. The molecule has 0 aliphatic carbocycles. The van der Waals surface area contributed by atoms with Gasteiger partial charge in [-0.15, -0.1) is 0 Å². The molecule has 8 nitrogen and oxygen atoms in total. The third-order valence-electron chi connectivity index (χ3n) is 5.59. The molecule has 0 aliphatic heterocycles. The number of aromatic nitrogens is 2. The number of amides is 2. The molecule has 0 atom stereocenters. The molecule has 3 aromatic rings. The highest BCUT2D eigenvalue weighted by atomic mass is 79.9. The van der Waals surface area contributed by atoms with Crippen molar-refractivity contribution in [2.45, 2.75) is 32.9 Å². The summed E-state index contributed by atoms with van der Waals surface area (Å²) in [4.78, 5) is 29.4. The molecule has 2 aromatic carbocycles. The average molecular weight is 562 g/mol. The van der Waals surface area contributed by atoms with Crippen LogP contribution in [-0.4, -0.2) is 83.3 Å². The zero-order chi connectivity index (χ0) is 26.6. The van der Waals surface area contributed by atoms with Gasteiger partial charge in [0, 0.05) is 49.2 Å². The van der Waals surface area contributed by atoms with E-state index >= 15 is 4.39 Å². The minimum Gasteiger partial charge on any atom is -0.444 e. The number of nitrogens with zero attached hydrogens (tertiary/aromatic N) is 4.